The highest BCUT2D eigenvalue weighted by molar-refractivity contribution is 7.80. The van der Waals surface area contributed by atoms with Crippen LogP contribution in [0.2, 0.25) is 0 Å². The lowest BCUT2D eigenvalue weighted by Gasteiger charge is -2.14. The van der Waals surface area contributed by atoms with E-state index in [0.29, 0.717) is 0 Å². The summed E-state index contributed by atoms with van der Waals surface area (Å²) in [6.45, 7) is 3.08. The normalized spacial score (nSPS) is 18.9. The van der Waals surface area contributed by atoms with Gasteiger partial charge in [-0.25, -0.2) is 0 Å². The molecule has 0 aromatic heterocycles. The van der Waals surface area contributed by atoms with E-state index in [1.54, 1.807) is 0 Å². The molecule has 2 heteroatoms. The number of hydrogen-bond donors (Lipinski definition) is 1. The Morgan fingerprint density at radius 3 is 2.43 bits per heavy atom. The van der Waals surface area contributed by atoms with Crippen LogP contribution in [0.15, 0.2) is 0 Å². The third kappa shape index (κ3) is 4.94. The molecule has 1 saturated carbocycles. The molecule has 0 saturated heterocycles. The molecule has 0 unspecified atom stereocenters. The fourth-order valence-corrected chi connectivity index (χ4v) is 2.54. The lowest BCUT2D eigenvalue weighted by Crippen LogP contribution is -2.21. The number of rotatable bonds is 4. The Kier molecular flexibility index (Phi) is 6.17. The van der Waals surface area contributed by atoms with Crippen molar-refractivity contribution in [3.05, 3.63) is 0 Å². The first-order chi connectivity index (χ1) is 6.83. The van der Waals surface area contributed by atoms with Crippen molar-refractivity contribution < 1.29 is 0 Å². The van der Waals surface area contributed by atoms with Gasteiger partial charge in [0.05, 0.1) is 4.99 Å². The Morgan fingerprint density at radius 1 is 1.21 bits per heavy atom. The molecule has 0 atom stereocenters. The Bertz CT molecular complexity index is 160. The third-order valence-corrected chi connectivity index (χ3v) is 3.48. The van der Waals surface area contributed by atoms with E-state index >= 15 is 0 Å². The van der Waals surface area contributed by atoms with Gasteiger partial charge in [-0.05, 0) is 25.7 Å². The van der Waals surface area contributed by atoms with Gasteiger partial charge in [-0.15, -0.1) is 0 Å². The van der Waals surface area contributed by atoms with Crippen molar-refractivity contribution in [2.24, 2.45) is 5.92 Å². The van der Waals surface area contributed by atoms with E-state index in [4.69, 9.17) is 12.2 Å². The van der Waals surface area contributed by atoms with Gasteiger partial charge in [0.25, 0.3) is 0 Å². The van der Waals surface area contributed by atoms with Crippen LogP contribution in [0.3, 0.4) is 0 Å². The average molecular weight is 213 g/mol. The zero-order chi connectivity index (χ0) is 10.2. The number of nitrogens with one attached hydrogen (secondary N) is 1. The third-order valence-electron chi connectivity index (χ3n) is 3.13. The molecule has 0 spiro atoms. The molecular weight excluding hydrogens is 190 g/mol. The highest BCUT2D eigenvalue weighted by Crippen LogP contribution is 2.26. The second-order valence-corrected chi connectivity index (χ2v) is 4.84. The van der Waals surface area contributed by atoms with Gasteiger partial charge in [-0.3, -0.25) is 0 Å². The summed E-state index contributed by atoms with van der Waals surface area (Å²) in [4.78, 5) is 1.07. The summed E-state index contributed by atoms with van der Waals surface area (Å²) >= 11 is 5.24. The molecule has 14 heavy (non-hydrogen) atoms. The van der Waals surface area contributed by atoms with Crippen LogP contribution >= 0.6 is 12.2 Å². The summed E-state index contributed by atoms with van der Waals surface area (Å²) in [5.74, 6) is 0.953. The average Bonchev–Trinajstić information content (AvgIpc) is 2.43. The predicted octanol–water partition coefficient (Wildman–Crippen LogP) is 3.67. The van der Waals surface area contributed by atoms with Crippen LogP contribution in [0, 0.1) is 5.92 Å². The van der Waals surface area contributed by atoms with Gasteiger partial charge in [0.15, 0.2) is 0 Å². The minimum atomic E-state index is 0.953. The van der Waals surface area contributed by atoms with Crippen LogP contribution in [-0.4, -0.2) is 11.5 Å². The number of thiocarbonyl (C=S) groups is 1. The molecule has 0 aromatic carbocycles. The maximum absolute atomic E-state index is 5.24. The van der Waals surface area contributed by atoms with E-state index in [2.05, 4.69) is 12.2 Å². The molecule has 1 N–H and O–H groups in total. The van der Waals surface area contributed by atoms with Crippen molar-refractivity contribution >= 4 is 17.2 Å². The second-order valence-electron chi connectivity index (χ2n) is 4.35. The summed E-state index contributed by atoms with van der Waals surface area (Å²) in [7, 11) is 0. The quantitative estimate of drug-likeness (QED) is 0.565. The fraction of sp³-hybridized carbons (Fsp3) is 0.917. The van der Waals surface area contributed by atoms with Gasteiger partial charge in [-0.1, -0.05) is 50.7 Å². The summed E-state index contributed by atoms with van der Waals surface area (Å²) in [6, 6.07) is 0. The maximum atomic E-state index is 5.24. The molecule has 0 radical (unpaired) electrons. The van der Waals surface area contributed by atoms with Gasteiger partial charge < -0.3 is 5.32 Å². The largest absolute Gasteiger partial charge is 0.380 e. The van der Waals surface area contributed by atoms with Gasteiger partial charge >= 0.3 is 0 Å². The molecule has 1 aliphatic rings. The van der Waals surface area contributed by atoms with Crippen molar-refractivity contribution in [2.45, 2.75) is 58.3 Å². The van der Waals surface area contributed by atoms with Crippen molar-refractivity contribution in [2.75, 3.05) is 6.54 Å². The standard InChI is InChI=1S/C12H23NS/c1-2-13-12(14)10-9-11-7-5-3-4-6-8-11/h11H,2-10H2,1H3,(H,13,14). The molecule has 0 heterocycles. The van der Waals surface area contributed by atoms with Crippen molar-refractivity contribution in [1.29, 1.82) is 0 Å². The van der Waals surface area contributed by atoms with Crippen molar-refractivity contribution in [3.63, 3.8) is 0 Å². The van der Waals surface area contributed by atoms with Gasteiger partial charge in [0.2, 0.25) is 0 Å². The smallest absolute Gasteiger partial charge is 0.0753 e. The highest BCUT2D eigenvalue weighted by Gasteiger charge is 2.12. The van der Waals surface area contributed by atoms with Gasteiger partial charge in [-0.2, -0.15) is 0 Å². The molecule has 1 nitrogen and oxygen atoms in total. The lowest BCUT2D eigenvalue weighted by atomic mass is 9.95. The monoisotopic (exact) mass is 213 g/mol. The van der Waals surface area contributed by atoms with Crippen LogP contribution in [0.1, 0.15) is 58.3 Å². The molecule has 0 amide bonds. The molecule has 82 valence electrons. The molecular formula is C12H23NS. The zero-order valence-electron chi connectivity index (χ0n) is 9.35. The minimum absolute atomic E-state index is 0.953. The van der Waals surface area contributed by atoms with Gasteiger partial charge in [0, 0.05) is 6.54 Å². The first-order valence-electron chi connectivity index (χ1n) is 6.09. The van der Waals surface area contributed by atoms with Crippen LogP contribution < -0.4 is 5.32 Å². The van der Waals surface area contributed by atoms with Gasteiger partial charge in [0.1, 0.15) is 0 Å². The Morgan fingerprint density at radius 2 is 1.86 bits per heavy atom. The molecule has 1 aliphatic carbocycles. The van der Waals surface area contributed by atoms with Crippen LogP contribution in [0.4, 0.5) is 0 Å². The maximum Gasteiger partial charge on any atom is 0.0753 e. The fourth-order valence-electron chi connectivity index (χ4n) is 2.27. The lowest BCUT2D eigenvalue weighted by molar-refractivity contribution is 0.435. The second kappa shape index (κ2) is 7.22. The minimum Gasteiger partial charge on any atom is -0.380 e. The van der Waals surface area contributed by atoms with E-state index in [9.17, 15) is 0 Å². The molecule has 0 aliphatic heterocycles. The summed E-state index contributed by atoms with van der Waals surface area (Å²) in [5.41, 5.74) is 0. The molecule has 0 bridgehead atoms. The van der Waals surface area contributed by atoms with Crippen LogP contribution in [0.25, 0.3) is 0 Å². The van der Waals surface area contributed by atoms with E-state index in [1.807, 2.05) is 0 Å². The Balaban J connectivity index is 2.12. The molecule has 1 fully saturated rings. The van der Waals surface area contributed by atoms with Crippen LogP contribution in [-0.2, 0) is 0 Å². The van der Waals surface area contributed by atoms with E-state index in [-0.39, 0.29) is 0 Å². The molecule has 0 aromatic rings. The summed E-state index contributed by atoms with van der Waals surface area (Å²) < 4.78 is 0. The predicted molar refractivity (Wildman–Crippen MR) is 66.7 cm³/mol. The first kappa shape index (κ1) is 12.0. The van der Waals surface area contributed by atoms with Crippen LogP contribution in [0.5, 0.6) is 0 Å². The summed E-state index contributed by atoms with van der Waals surface area (Å²) in [5, 5.41) is 3.23. The van der Waals surface area contributed by atoms with Crippen molar-refractivity contribution in [3.8, 4) is 0 Å². The topological polar surface area (TPSA) is 12.0 Å². The SMILES string of the molecule is CCNC(=S)CCC1CCCCCC1. The highest BCUT2D eigenvalue weighted by atomic mass is 32.1. The molecule has 1 rings (SSSR count). The van der Waals surface area contributed by atoms with Crippen molar-refractivity contribution in [1.82, 2.24) is 5.32 Å². The Labute approximate surface area is 93.7 Å². The number of hydrogen-bond acceptors (Lipinski definition) is 1. The Hall–Kier alpha value is -0.110. The van der Waals surface area contributed by atoms with E-state index in [1.165, 1.54) is 44.9 Å². The van der Waals surface area contributed by atoms with E-state index < -0.39 is 0 Å². The summed E-state index contributed by atoms with van der Waals surface area (Å²) in [6.07, 6.45) is 11.1. The first-order valence-corrected chi connectivity index (χ1v) is 6.50. The van der Waals surface area contributed by atoms with E-state index in [0.717, 1.165) is 23.9 Å². The zero-order valence-corrected chi connectivity index (χ0v) is 10.2.